The van der Waals surface area contributed by atoms with Crippen LogP contribution in [0.2, 0.25) is 0 Å². The third kappa shape index (κ3) is 4.24. The van der Waals surface area contributed by atoms with Crippen LogP contribution in [0.3, 0.4) is 0 Å². The zero-order chi connectivity index (χ0) is 11.3. The van der Waals surface area contributed by atoms with Crippen LogP contribution in [-0.2, 0) is 0 Å². The molecule has 1 aromatic heterocycles. The van der Waals surface area contributed by atoms with Gasteiger partial charge in [0, 0.05) is 12.1 Å². The fourth-order valence-corrected chi connectivity index (χ4v) is 1.42. The van der Waals surface area contributed by atoms with Crippen LogP contribution in [0.25, 0.3) is 0 Å². The summed E-state index contributed by atoms with van der Waals surface area (Å²) in [5.74, 6) is 1.04. The van der Waals surface area contributed by atoms with E-state index in [1.165, 1.54) is 0 Å². The summed E-state index contributed by atoms with van der Waals surface area (Å²) in [6, 6.07) is 1.86. The van der Waals surface area contributed by atoms with Crippen LogP contribution in [0.1, 0.15) is 34.7 Å². The molecule has 0 aromatic carbocycles. The highest BCUT2D eigenvalue weighted by atomic mass is 35.5. The lowest BCUT2D eigenvalue weighted by molar-refractivity contribution is 0.0923. The van der Waals surface area contributed by atoms with Gasteiger partial charge in [-0.25, -0.2) is 0 Å². The zero-order valence-corrected chi connectivity index (χ0v) is 10.5. The first-order valence-corrected chi connectivity index (χ1v) is 5.20. The van der Waals surface area contributed by atoms with E-state index in [0.29, 0.717) is 18.8 Å². The van der Waals surface area contributed by atoms with Crippen LogP contribution in [-0.4, -0.2) is 19.0 Å². The van der Waals surface area contributed by atoms with E-state index in [1.807, 2.05) is 19.9 Å². The van der Waals surface area contributed by atoms with E-state index in [4.69, 9.17) is 10.2 Å². The van der Waals surface area contributed by atoms with Crippen LogP contribution in [0.4, 0.5) is 0 Å². The number of aryl methyl sites for hydroxylation is 2. The Hall–Kier alpha value is -1.00. The van der Waals surface area contributed by atoms with Gasteiger partial charge in [-0.05, 0) is 39.3 Å². The second-order valence-electron chi connectivity index (χ2n) is 3.62. The molecule has 1 amide bonds. The van der Waals surface area contributed by atoms with Gasteiger partial charge in [0.15, 0.2) is 5.76 Å². The van der Waals surface area contributed by atoms with Crippen molar-refractivity contribution in [2.24, 2.45) is 5.73 Å². The van der Waals surface area contributed by atoms with Crippen molar-refractivity contribution in [1.82, 2.24) is 5.32 Å². The van der Waals surface area contributed by atoms with Crippen LogP contribution in [0, 0.1) is 13.8 Å². The van der Waals surface area contributed by atoms with Gasteiger partial charge in [0.05, 0.1) is 0 Å². The molecule has 5 heteroatoms. The molecular formula is C11H19ClN2O2. The Morgan fingerprint density at radius 2 is 2.12 bits per heavy atom. The molecule has 0 bridgehead atoms. The molecule has 0 atom stereocenters. The number of carbonyl (C=O) groups is 1. The van der Waals surface area contributed by atoms with Crippen LogP contribution in [0.15, 0.2) is 10.5 Å². The van der Waals surface area contributed by atoms with E-state index < -0.39 is 0 Å². The van der Waals surface area contributed by atoms with Gasteiger partial charge in [0.2, 0.25) is 0 Å². The van der Waals surface area contributed by atoms with Crippen LogP contribution in [0.5, 0.6) is 0 Å². The summed E-state index contributed by atoms with van der Waals surface area (Å²) in [5, 5.41) is 2.80. The largest absolute Gasteiger partial charge is 0.456 e. The van der Waals surface area contributed by atoms with E-state index in [0.717, 1.165) is 24.2 Å². The van der Waals surface area contributed by atoms with Gasteiger partial charge >= 0.3 is 0 Å². The molecule has 16 heavy (non-hydrogen) atoms. The second kappa shape index (κ2) is 7.30. The Morgan fingerprint density at radius 1 is 1.44 bits per heavy atom. The van der Waals surface area contributed by atoms with Gasteiger partial charge in [-0.3, -0.25) is 4.79 Å². The summed E-state index contributed by atoms with van der Waals surface area (Å²) < 4.78 is 5.30. The molecule has 1 rings (SSSR count). The van der Waals surface area contributed by atoms with Crippen molar-refractivity contribution in [2.45, 2.75) is 26.7 Å². The predicted octanol–water partition coefficient (Wildman–Crippen LogP) is 1.79. The summed E-state index contributed by atoms with van der Waals surface area (Å²) in [4.78, 5) is 11.6. The third-order valence-corrected chi connectivity index (χ3v) is 2.16. The molecule has 0 radical (unpaired) electrons. The monoisotopic (exact) mass is 246 g/mol. The van der Waals surface area contributed by atoms with Crippen molar-refractivity contribution in [3.63, 3.8) is 0 Å². The molecule has 92 valence electrons. The molecular weight excluding hydrogens is 228 g/mol. The van der Waals surface area contributed by atoms with E-state index >= 15 is 0 Å². The Morgan fingerprint density at radius 3 is 2.62 bits per heavy atom. The molecule has 1 heterocycles. The second-order valence-corrected chi connectivity index (χ2v) is 3.62. The Kier molecular flexibility index (Phi) is 6.85. The minimum atomic E-state index is -0.141. The molecule has 0 aliphatic heterocycles. The van der Waals surface area contributed by atoms with Gasteiger partial charge in [0.1, 0.15) is 5.76 Å². The Labute approximate surface area is 102 Å². The van der Waals surface area contributed by atoms with E-state index in [-0.39, 0.29) is 18.3 Å². The van der Waals surface area contributed by atoms with Crippen LogP contribution >= 0.6 is 12.4 Å². The summed E-state index contributed by atoms with van der Waals surface area (Å²) >= 11 is 0. The van der Waals surface area contributed by atoms with Gasteiger partial charge in [-0.1, -0.05) is 0 Å². The van der Waals surface area contributed by atoms with E-state index in [1.54, 1.807) is 0 Å². The average Bonchev–Trinajstić information content (AvgIpc) is 2.52. The van der Waals surface area contributed by atoms with Crippen molar-refractivity contribution >= 4 is 18.3 Å². The maximum Gasteiger partial charge on any atom is 0.287 e. The lowest BCUT2D eigenvalue weighted by Gasteiger charge is -2.02. The number of unbranched alkanes of at least 4 members (excludes halogenated alkanes) is 1. The fourth-order valence-electron chi connectivity index (χ4n) is 1.42. The van der Waals surface area contributed by atoms with Crippen LogP contribution < -0.4 is 11.1 Å². The number of nitrogens with two attached hydrogens (primary N) is 1. The number of carbonyl (C=O) groups excluding carboxylic acids is 1. The molecule has 1 aromatic rings. The van der Waals surface area contributed by atoms with Gasteiger partial charge in [-0.15, -0.1) is 12.4 Å². The van der Waals surface area contributed by atoms with Gasteiger partial charge in [-0.2, -0.15) is 0 Å². The number of hydrogen-bond acceptors (Lipinski definition) is 3. The average molecular weight is 247 g/mol. The van der Waals surface area contributed by atoms with Gasteiger partial charge in [0.25, 0.3) is 5.91 Å². The zero-order valence-electron chi connectivity index (χ0n) is 9.71. The molecule has 0 aliphatic carbocycles. The SMILES string of the molecule is Cc1cc(C)c(C(=O)NCCCCN)o1.Cl. The van der Waals surface area contributed by atoms with Gasteiger partial charge < -0.3 is 15.5 Å². The first-order valence-electron chi connectivity index (χ1n) is 5.20. The predicted molar refractivity (Wildman–Crippen MR) is 66.1 cm³/mol. The number of furan rings is 1. The van der Waals surface area contributed by atoms with Crippen molar-refractivity contribution in [2.75, 3.05) is 13.1 Å². The van der Waals surface area contributed by atoms with Crippen molar-refractivity contribution in [3.8, 4) is 0 Å². The van der Waals surface area contributed by atoms with Crippen molar-refractivity contribution < 1.29 is 9.21 Å². The fraction of sp³-hybridized carbons (Fsp3) is 0.545. The molecule has 0 aliphatic rings. The highest BCUT2D eigenvalue weighted by Crippen LogP contribution is 2.13. The maximum absolute atomic E-state index is 11.6. The molecule has 4 nitrogen and oxygen atoms in total. The standard InChI is InChI=1S/C11H18N2O2.ClH/c1-8-7-9(2)15-10(8)11(14)13-6-4-3-5-12;/h7H,3-6,12H2,1-2H3,(H,13,14);1H. The number of halogens is 1. The van der Waals surface area contributed by atoms with E-state index in [2.05, 4.69) is 5.32 Å². The third-order valence-electron chi connectivity index (χ3n) is 2.16. The molecule has 0 fully saturated rings. The van der Waals surface area contributed by atoms with E-state index in [9.17, 15) is 4.79 Å². The topological polar surface area (TPSA) is 68.3 Å². The first-order chi connectivity index (χ1) is 7.15. The molecule has 0 saturated carbocycles. The summed E-state index contributed by atoms with van der Waals surface area (Å²) in [5.41, 5.74) is 6.23. The first kappa shape index (κ1) is 15.0. The van der Waals surface area contributed by atoms with Crippen molar-refractivity contribution in [1.29, 1.82) is 0 Å². The van der Waals surface area contributed by atoms with Crippen molar-refractivity contribution in [3.05, 3.63) is 23.2 Å². The minimum absolute atomic E-state index is 0. The normalized spacial score (nSPS) is 9.69. The maximum atomic E-state index is 11.6. The molecule has 0 saturated heterocycles. The molecule has 3 N–H and O–H groups in total. The highest BCUT2D eigenvalue weighted by molar-refractivity contribution is 5.92. The Bertz CT molecular complexity index is 337. The smallest absolute Gasteiger partial charge is 0.287 e. The number of hydrogen-bond donors (Lipinski definition) is 2. The summed E-state index contributed by atoms with van der Waals surface area (Å²) in [7, 11) is 0. The highest BCUT2D eigenvalue weighted by Gasteiger charge is 2.13. The lowest BCUT2D eigenvalue weighted by Crippen LogP contribution is -2.25. The summed E-state index contributed by atoms with van der Waals surface area (Å²) in [6.45, 7) is 5.01. The molecule has 0 spiro atoms. The minimum Gasteiger partial charge on any atom is -0.456 e. The quantitative estimate of drug-likeness (QED) is 0.779. The number of amides is 1. The number of nitrogens with one attached hydrogen (secondary N) is 1. The molecule has 0 unspecified atom stereocenters. The Balaban J connectivity index is 0.00000225. The lowest BCUT2D eigenvalue weighted by atomic mass is 10.2. The number of rotatable bonds is 5. The summed E-state index contributed by atoms with van der Waals surface area (Å²) in [6.07, 6.45) is 1.83.